The zero-order chi connectivity index (χ0) is 15.5. The molecule has 1 saturated heterocycles. The van der Waals surface area contributed by atoms with Crippen LogP contribution in [0.3, 0.4) is 0 Å². The summed E-state index contributed by atoms with van der Waals surface area (Å²) in [4.78, 5) is 26.0. The first-order valence-corrected chi connectivity index (χ1v) is 7.16. The molecular formula is C16H22N2O3. The molecule has 1 aliphatic heterocycles. The van der Waals surface area contributed by atoms with E-state index in [0.717, 1.165) is 0 Å². The van der Waals surface area contributed by atoms with E-state index in [-0.39, 0.29) is 11.8 Å². The van der Waals surface area contributed by atoms with Gasteiger partial charge in [-0.2, -0.15) is 0 Å². The predicted octanol–water partition coefficient (Wildman–Crippen LogP) is 2.14. The molecule has 5 heteroatoms. The summed E-state index contributed by atoms with van der Waals surface area (Å²) < 4.78 is 5.24. The largest absolute Gasteiger partial charge is 0.378 e. The van der Waals surface area contributed by atoms with Gasteiger partial charge in [0.15, 0.2) is 0 Å². The molecule has 1 N–H and O–H groups in total. The number of amides is 2. The van der Waals surface area contributed by atoms with Crippen LogP contribution in [0.1, 0.15) is 31.1 Å². The van der Waals surface area contributed by atoms with E-state index in [2.05, 4.69) is 5.32 Å². The Morgan fingerprint density at radius 3 is 2.19 bits per heavy atom. The molecular weight excluding hydrogens is 268 g/mol. The molecule has 0 bridgehead atoms. The van der Waals surface area contributed by atoms with Crippen LogP contribution in [-0.4, -0.2) is 43.0 Å². The zero-order valence-electron chi connectivity index (χ0n) is 12.8. The van der Waals surface area contributed by atoms with Crippen molar-refractivity contribution in [1.82, 2.24) is 4.90 Å². The Morgan fingerprint density at radius 2 is 1.67 bits per heavy atom. The number of nitrogens with one attached hydrogen (secondary N) is 1. The van der Waals surface area contributed by atoms with Crippen LogP contribution in [0.25, 0.3) is 0 Å². The van der Waals surface area contributed by atoms with Crippen molar-refractivity contribution in [2.24, 2.45) is 5.41 Å². The summed E-state index contributed by atoms with van der Waals surface area (Å²) in [7, 11) is 0. The molecule has 1 aromatic rings. The average Bonchev–Trinajstić information content (AvgIpc) is 2.47. The van der Waals surface area contributed by atoms with E-state index in [0.29, 0.717) is 37.6 Å². The van der Waals surface area contributed by atoms with E-state index in [1.54, 1.807) is 29.2 Å². The Bertz CT molecular complexity index is 511. The average molecular weight is 290 g/mol. The summed E-state index contributed by atoms with van der Waals surface area (Å²) in [6.07, 6.45) is 0. The van der Waals surface area contributed by atoms with Crippen LogP contribution < -0.4 is 5.32 Å². The topological polar surface area (TPSA) is 58.6 Å². The minimum atomic E-state index is -0.442. The second-order valence-electron chi connectivity index (χ2n) is 6.19. The quantitative estimate of drug-likeness (QED) is 0.908. The van der Waals surface area contributed by atoms with Crippen molar-refractivity contribution in [3.8, 4) is 0 Å². The van der Waals surface area contributed by atoms with Crippen LogP contribution in [0, 0.1) is 5.41 Å². The molecule has 0 atom stereocenters. The van der Waals surface area contributed by atoms with Gasteiger partial charge in [0.05, 0.1) is 13.2 Å². The second-order valence-corrected chi connectivity index (χ2v) is 6.19. The lowest BCUT2D eigenvalue weighted by Gasteiger charge is -2.27. The van der Waals surface area contributed by atoms with Gasteiger partial charge in [-0.25, -0.2) is 0 Å². The molecule has 114 valence electrons. The van der Waals surface area contributed by atoms with E-state index in [1.807, 2.05) is 20.8 Å². The summed E-state index contributed by atoms with van der Waals surface area (Å²) in [5.41, 5.74) is 0.890. The van der Waals surface area contributed by atoms with E-state index in [9.17, 15) is 9.59 Å². The predicted molar refractivity (Wildman–Crippen MR) is 81.2 cm³/mol. The van der Waals surface area contributed by atoms with Gasteiger partial charge in [0.2, 0.25) is 5.91 Å². The summed E-state index contributed by atoms with van der Waals surface area (Å²) in [6, 6.07) is 7.01. The molecule has 2 amide bonds. The second kappa shape index (κ2) is 6.26. The van der Waals surface area contributed by atoms with Crippen molar-refractivity contribution in [2.45, 2.75) is 20.8 Å². The Morgan fingerprint density at radius 1 is 1.10 bits per heavy atom. The molecule has 1 aromatic carbocycles. The molecule has 0 aromatic heterocycles. The molecule has 2 rings (SSSR count). The van der Waals surface area contributed by atoms with Crippen LogP contribution in [0.2, 0.25) is 0 Å². The molecule has 0 radical (unpaired) electrons. The lowest BCUT2D eigenvalue weighted by Crippen LogP contribution is -2.40. The van der Waals surface area contributed by atoms with Gasteiger partial charge in [-0.3, -0.25) is 9.59 Å². The first-order chi connectivity index (χ1) is 9.88. The van der Waals surface area contributed by atoms with Gasteiger partial charge in [-0.05, 0) is 24.3 Å². The van der Waals surface area contributed by atoms with Gasteiger partial charge in [0.25, 0.3) is 5.91 Å². The summed E-state index contributed by atoms with van der Waals surface area (Å²) in [5, 5.41) is 2.84. The smallest absolute Gasteiger partial charge is 0.254 e. The highest BCUT2D eigenvalue weighted by Gasteiger charge is 2.22. The third-order valence-electron chi connectivity index (χ3n) is 3.37. The van der Waals surface area contributed by atoms with E-state index < -0.39 is 5.41 Å². The van der Waals surface area contributed by atoms with Crippen LogP contribution in [0.4, 0.5) is 5.69 Å². The monoisotopic (exact) mass is 290 g/mol. The first-order valence-electron chi connectivity index (χ1n) is 7.16. The Kier molecular flexibility index (Phi) is 4.63. The van der Waals surface area contributed by atoms with E-state index in [1.165, 1.54) is 0 Å². The molecule has 5 nitrogen and oxygen atoms in total. The van der Waals surface area contributed by atoms with Gasteiger partial charge < -0.3 is 15.0 Å². The summed E-state index contributed by atoms with van der Waals surface area (Å²) >= 11 is 0. The number of ether oxygens (including phenoxy) is 1. The number of carbonyl (C=O) groups excluding carboxylic acids is 2. The standard InChI is InChI=1S/C16H22N2O3/c1-16(2,3)15(20)17-13-6-4-12(5-7-13)14(19)18-8-10-21-11-9-18/h4-7H,8-11H2,1-3H3,(H,17,20). The maximum absolute atomic E-state index is 12.3. The summed E-state index contributed by atoms with van der Waals surface area (Å²) in [6.45, 7) is 8.01. The van der Waals surface area contributed by atoms with Crippen molar-refractivity contribution in [1.29, 1.82) is 0 Å². The lowest BCUT2D eigenvalue weighted by molar-refractivity contribution is -0.123. The van der Waals surface area contributed by atoms with Crippen molar-refractivity contribution >= 4 is 17.5 Å². The molecule has 0 unspecified atom stereocenters. The zero-order valence-corrected chi connectivity index (χ0v) is 12.8. The Labute approximate surface area is 125 Å². The third-order valence-corrected chi connectivity index (χ3v) is 3.37. The number of hydrogen-bond donors (Lipinski definition) is 1. The van der Waals surface area contributed by atoms with Gasteiger partial charge >= 0.3 is 0 Å². The van der Waals surface area contributed by atoms with E-state index >= 15 is 0 Å². The number of carbonyl (C=O) groups is 2. The molecule has 21 heavy (non-hydrogen) atoms. The number of hydrogen-bond acceptors (Lipinski definition) is 3. The van der Waals surface area contributed by atoms with Gasteiger partial charge in [-0.15, -0.1) is 0 Å². The number of benzene rings is 1. The molecule has 0 aliphatic carbocycles. The molecule has 1 heterocycles. The first kappa shape index (κ1) is 15.5. The normalized spacial score (nSPS) is 15.7. The Balaban J connectivity index is 2.01. The van der Waals surface area contributed by atoms with Crippen LogP contribution >= 0.6 is 0 Å². The van der Waals surface area contributed by atoms with Gasteiger partial charge in [-0.1, -0.05) is 20.8 Å². The van der Waals surface area contributed by atoms with Gasteiger partial charge in [0, 0.05) is 29.8 Å². The molecule has 0 spiro atoms. The highest BCUT2D eigenvalue weighted by Crippen LogP contribution is 2.18. The maximum atomic E-state index is 12.3. The SMILES string of the molecule is CC(C)(C)C(=O)Nc1ccc(C(=O)N2CCOCC2)cc1. The van der Waals surface area contributed by atoms with Crippen molar-refractivity contribution in [3.63, 3.8) is 0 Å². The fraction of sp³-hybridized carbons (Fsp3) is 0.500. The lowest BCUT2D eigenvalue weighted by atomic mass is 9.95. The molecule has 1 fully saturated rings. The number of morpholine rings is 1. The number of anilines is 1. The highest BCUT2D eigenvalue weighted by atomic mass is 16.5. The number of nitrogens with zero attached hydrogens (tertiary/aromatic N) is 1. The number of rotatable bonds is 2. The van der Waals surface area contributed by atoms with Crippen LogP contribution in [-0.2, 0) is 9.53 Å². The van der Waals surface area contributed by atoms with Crippen LogP contribution in [0.15, 0.2) is 24.3 Å². The Hall–Kier alpha value is -1.88. The third kappa shape index (κ3) is 4.04. The van der Waals surface area contributed by atoms with Gasteiger partial charge in [0.1, 0.15) is 0 Å². The minimum Gasteiger partial charge on any atom is -0.378 e. The minimum absolute atomic E-state index is 0.00648. The fourth-order valence-corrected chi connectivity index (χ4v) is 1.96. The maximum Gasteiger partial charge on any atom is 0.254 e. The van der Waals surface area contributed by atoms with Crippen molar-refractivity contribution in [3.05, 3.63) is 29.8 Å². The molecule has 0 saturated carbocycles. The van der Waals surface area contributed by atoms with Crippen LogP contribution in [0.5, 0.6) is 0 Å². The summed E-state index contributed by atoms with van der Waals surface area (Å²) in [5.74, 6) is -0.0400. The van der Waals surface area contributed by atoms with Crippen molar-refractivity contribution < 1.29 is 14.3 Å². The van der Waals surface area contributed by atoms with Crippen molar-refractivity contribution in [2.75, 3.05) is 31.6 Å². The fourth-order valence-electron chi connectivity index (χ4n) is 1.96. The highest BCUT2D eigenvalue weighted by molar-refractivity contribution is 5.97. The molecule has 1 aliphatic rings. The van der Waals surface area contributed by atoms with E-state index in [4.69, 9.17) is 4.74 Å².